The van der Waals surface area contributed by atoms with Gasteiger partial charge in [-0.25, -0.2) is 18.4 Å². The number of rotatable bonds is 3. The lowest BCUT2D eigenvalue weighted by Crippen LogP contribution is -2.31. The molecule has 0 aromatic carbocycles. The van der Waals surface area contributed by atoms with Crippen LogP contribution >= 0.6 is 0 Å². The van der Waals surface area contributed by atoms with E-state index >= 15 is 0 Å². The number of nitrogens with zero attached hydrogens (tertiary/aromatic N) is 4. The summed E-state index contributed by atoms with van der Waals surface area (Å²) in [4.78, 5) is 8.60. The topological polar surface area (TPSA) is 91.8 Å². The van der Waals surface area contributed by atoms with Crippen molar-refractivity contribution in [2.24, 2.45) is 0 Å². The van der Waals surface area contributed by atoms with Gasteiger partial charge in [-0.3, -0.25) is 5.10 Å². The van der Waals surface area contributed by atoms with Crippen LogP contribution in [-0.2, 0) is 10.0 Å². The summed E-state index contributed by atoms with van der Waals surface area (Å²) in [6.07, 6.45) is 5.99. The molecule has 7 nitrogen and oxygen atoms in total. The highest BCUT2D eigenvalue weighted by molar-refractivity contribution is 7.89. The molecule has 0 unspecified atom stereocenters. The number of nitrogens with one attached hydrogen (secondary N) is 1. The molecular formula is C12H15N5O2S. The molecule has 106 valence electrons. The van der Waals surface area contributed by atoms with E-state index in [0.29, 0.717) is 12.4 Å². The summed E-state index contributed by atoms with van der Waals surface area (Å²) >= 11 is 0. The van der Waals surface area contributed by atoms with E-state index in [0.717, 1.165) is 18.5 Å². The molecule has 2 aromatic rings. The normalized spacial score (nSPS) is 20.4. The first kappa shape index (κ1) is 13.2. The van der Waals surface area contributed by atoms with E-state index in [9.17, 15) is 8.42 Å². The molecule has 0 amide bonds. The van der Waals surface area contributed by atoms with Crippen LogP contribution in [0, 0.1) is 6.92 Å². The lowest BCUT2D eigenvalue weighted by molar-refractivity contribution is 0.389. The van der Waals surface area contributed by atoms with Crippen molar-refractivity contribution in [3.8, 4) is 0 Å². The van der Waals surface area contributed by atoms with Crippen LogP contribution in [0.5, 0.6) is 0 Å². The highest BCUT2D eigenvalue weighted by Crippen LogP contribution is 2.35. The third kappa shape index (κ3) is 2.20. The first-order valence-corrected chi connectivity index (χ1v) is 7.83. The number of aryl methyl sites for hydroxylation is 1. The Kier molecular flexibility index (Phi) is 3.27. The number of H-pyrrole nitrogens is 1. The Hall–Kier alpha value is -1.80. The van der Waals surface area contributed by atoms with Gasteiger partial charge in [0.15, 0.2) is 0 Å². The van der Waals surface area contributed by atoms with E-state index in [1.54, 1.807) is 19.2 Å². The molecule has 1 aliphatic rings. The Morgan fingerprint density at radius 3 is 3.00 bits per heavy atom. The third-order valence-electron chi connectivity index (χ3n) is 3.42. The van der Waals surface area contributed by atoms with Crippen molar-refractivity contribution in [2.75, 3.05) is 6.54 Å². The highest BCUT2D eigenvalue weighted by Gasteiger charge is 2.37. The van der Waals surface area contributed by atoms with Gasteiger partial charge in [0.25, 0.3) is 0 Å². The van der Waals surface area contributed by atoms with Gasteiger partial charge in [0.05, 0.1) is 17.9 Å². The molecule has 1 N–H and O–H groups in total. The molecule has 1 saturated heterocycles. The van der Waals surface area contributed by atoms with Crippen LogP contribution < -0.4 is 0 Å². The number of aromatic nitrogens is 4. The number of hydrogen-bond acceptors (Lipinski definition) is 5. The monoisotopic (exact) mass is 293 g/mol. The predicted octanol–water partition coefficient (Wildman–Crippen LogP) is 1.03. The van der Waals surface area contributed by atoms with Gasteiger partial charge in [0.2, 0.25) is 10.0 Å². The standard InChI is InChI=1S/C12H15N5O2S/c1-9-13-5-4-11(16-9)12-3-2-6-17(12)20(18,19)10-7-14-15-8-10/h4-5,7-8,12H,2-3,6H2,1H3,(H,14,15)/t12-/m1/s1. The molecule has 0 aliphatic carbocycles. The van der Waals surface area contributed by atoms with Crippen LogP contribution in [0.2, 0.25) is 0 Å². The van der Waals surface area contributed by atoms with Crippen LogP contribution in [0.15, 0.2) is 29.6 Å². The molecule has 1 atom stereocenters. The number of hydrogen-bond donors (Lipinski definition) is 1. The Morgan fingerprint density at radius 2 is 2.30 bits per heavy atom. The quantitative estimate of drug-likeness (QED) is 0.912. The van der Waals surface area contributed by atoms with Crippen LogP contribution in [0.3, 0.4) is 0 Å². The van der Waals surface area contributed by atoms with Crippen molar-refractivity contribution in [3.63, 3.8) is 0 Å². The zero-order valence-corrected chi connectivity index (χ0v) is 11.8. The summed E-state index contributed by atoms with van der Waals surface area (Å²) in [5.74, 6) is 0.648. The minimum absolute atomic E-state index is 0.190. The molecule has 20 heavy (non-hydrogen) atoms. The summed E-state index contributed by atoms with van der Waals surface area (Å²) in [7, 11) is -3.53. The van der Waals surface area contributed by atoms with Crippen LogP contribution in [0.4, 0.5) is 0 Å². The molecule has 0 radical (unpaired) electrons. The lowest BCUT2D eigenvalue weighted by Gasteiger charge is -2.22. The SMILES string of the molecule is Cc1nccc([C@H]2CCCN2S(=O)(=O)c2cn[nH]c2)n1. The second kappa shape index (κ2) is 4.95. The zero-order chi connectivity index (χ0) is 14.2. The fraction of sp³-hybridized carbons (Fsp3) is 0.417. The number of aromatic amines is 1. The Labute approximate surface area is 117 Å². The van der Waals surface area contributed by atoms with Gasteiger partial charge in [-0.15, -0.1) is 0 Å². The van der Waals surface area contributed by atoms with Crippen molar-refractivity contribution in [1.82, 2.24) is 24.5 Å². The van der Waals surface area contributed by atoms with E-state index < -0.39 is 10.0 Å². The summed E-state index contributed by atoms with van der Waals surface area (Å²) in [6, 6.07) is 1.55. The Bertz CT molecular complexity index is 698. The average Bonchev–Trinajstić information content (AvgIpc) is 3.11. The second-order valence-electron chi connectivity index (χ2n) is 4.74. The average molecular weight is 293 g/mol. The first-order valence-electron chi connectivity index (χ1n) is 6.39. The molecule has 8 heteroatoms. The maximum absolute atomic E-state index is 12.6. The lowest BCUT2D eigenvalue weighted by atomic mass is 10.1. The molecule has 0 bridgehead atoms. The Balaban J connectivity index is 1.98. The van der Waals surface area contributed by atoms with E-state index in [4.69, 9.17) is 0 Å². The summed E-state index contributed by atoms with van der Waals surface area (Å²) in [5, 5.41) is 6.26. The molecule has 3 rings (SSSR count). The zero-order valence-electron chi connectivity index (χ0n) is 11.0. The van der Waals surface area contributed by atoms with E-state index in [2.05, 4.69) is 20.2 Å². The minimum Gasteiger partial charge on any atom is -0.284 e. The summed E-state index contributed by atoms with van der Waals surface area (Å²) in [6.45, 7) is 2.30. The van der Waals surface area contributed by atoms with Gasteiger partial charge >= 0.3 is 0 Å². The molecule has 1 fully saturated rings. The highest BCUT2D eigenvalue weighted by atomic mass is 32.2. The van der Waals surface area contributed by atoms with Gasteiger partial charge in [-0.2, -0.15) is 9.40 Å². The largest absolute Gasteiger partial charge is 0.284 e. The molecule has 0 saturated carbocycles. The third-order valence-corrected chi connectivity index (χ3v) is 5.30. The minimum atomic E-state index is -3.53. The molecule has 0 spiro atoms. The van der Waals surface area contributed by atoms with E-state index in [1.807, 2.05) is 0 Å². The van der Waals surface area contributed by atoms with Crippen molar-refractivity contribution < 1.29 is 8.42 Å². The maximum atomic E-state index is 12.6. The maximum Gasteiger partial charge on any atom is 0.246 e. The first-order chi connectivity index (χ1) is 9.59. The molecule has 2 aromatic heterocycles. The fourth-order valence-corrected chi connectivity index (χ4v) is 4.08. The van der Waals surface area contributed by atoms with Crippen molar-refractivity contribution >= 4 is 10.0 Å². The van der Waals surface area contributed by atoms with E-state index in [1.165, 1.54) is 16.7 Å². The predicted molar refractivity (Wildman–Crippen MR) is 71.2 cm³/mol. The van der Waals surface area contributed by atoms with Gasteiger partial charge < -0.3 is 0 Å². The van der Waals surface area contributed by atoms with Gasteiger partial charge in [0, 0.05) is 18.9 Å². The molecular weight excluding hydrogens is 278 g/mol. The van der Waals surface area contributed by atoms with Crippen LogP contribution in [0.1, 0.15) is 30.4 Å². The Morgan fingerprint density at radius 1 is 1.45 bits per heavy atom. The molecule has 3 heterocycles. The van der Waals surface area contributed by atoms with Gasteiger partial charge in [-0.1, -0.05) is 0 Å². The van der Waals surface area contributed by atoms with Crippen molar-refractivity contribution in [1.29, 1.82) is 0 Å². The van der Waals surface area contributed by atoms with E-state index in [-0.39, 0.29) is 10.9 Å². The van der Waals surface area contributed by atoms with Crippen molar-refractivity contribution in [3.05, 3.63) is 36.2 Å². The van der Waals surface area contributed by atoms with Gasteiger partial charge in [-0.05, 0) is 25.8 Å². The fourth-order valence-electron chi connectivity index (χ4n) is 2.50. The van der Waals surface area contributed by atoms with Crippen molar-refractivity contribution in [2.45, 2.75) is 30.7 Å². The van der Waals surface area contributed by atoms with Gasteiger partial charge in [0.1, 0.15) is 10.7 Å². The summed E-state index contributed by atoms with van der Waals surface area (Å²) < 4.78 is 26.7. The molecule has 1 aliphatic heterocycles. The number of sulfonamides is 1. The summed E-state index contributed by atoms with van der Waals surface area (Å²) in [5.41, 5.74) is 0.752. The van der Waals surface area contributed by atoms with Crippen LogP contribution in [0.25, 0.3) is 0 Å². The van der Waals surface area contributed by atoms with Crippen LogP contribution in [-0.4, -0.2) is 39.4 Å². The smallest absolute Gasteiger partial charge is 0.246 e. The second-order valence-corrected chi connectivity index (χ2v) is 6.63.